The molecular weight excluding hydrogens is 466 g/mol. The van der Waals surface area contributed by atoms with E-state index in [2.05, 4.69) is 5.32 Å². The number of amides is 2. The second-order valence-electron chi connectivity index (χ2n) is 7.58. The number of nitrogens with one attached hydrogen (secondary N) is 1. The van der Waals surface area contributed by atoms with E-state index in [1.54, 1.807) is 55.5 Å². The third-order valence-electron chi connectivity index (χ3n) is 5.17. The van der Waals surface area contributed by atoms with Gasteiger partial charge in [-0.05, 0) is 43.2 Å². The van der Waals surface area contributed by atoms with E-state index >= 15 is 0 Å². The molecule has 0 aliphatic carbocycles. The number of likely N-dealkylation sites (N-methyl/N-ethyl adjacent to an activating group) is 1. The van der Waals surface area contributed by atoms with Gasteiger partial charge in [-0.3, -0.25) is 13.9 Å². The number of halogens is 1. The van der Waals surface area contributed by atoms with Crippen LogP contribution in [0.15, 0.2) is 48.5 Å². The van der Waals surface area contributed by atoms with E-state index in [1.807, 2.05) is 0 Å². The highest BCUT2D eigenvalue weighted by Gasteiger charge is 2.26. The lowest BCUT2D eigenvalue weighted by atomic mass is 10.1. The molecule has 0 bridgehead atoms. The summed E-state index contributed by atoms with van der Waals surface area (Å²) in [6.07, 6.45) is 1.47. The molecule has 2 amide bonds. The molecule has 1 atom stereocenters. The average molecular weight is 496 g/mol. The zero-order chi connectivity index (χ0) is 24.6. The molecule has 33 heavy (non-hydrogen) atoms. The molecule has 0 aliphatic rings. The number of hydrogen-bond donors (Lipinski definition) is 1. The van der Waals surface area contributed by atoms with Gasteiger partial charge in [-0.1, -0.05) is 29.8 Å². The summed E-state index contributed by atoms with van der Waals surface area (Å²) in [4.78, 5) is 26.8. The van der Waals surface area contributed by atoms with Crippen molar-refractivity contribution in [3.8, 4) is 5.75 Å². The largest absolute Gasteiger partial charge is 0.497 e. The van der Waals surface area contributed by atoms with Crippen molar-refractivity contribution in [2.24, 2.45) is 0 Å². The number of hydrogen-bond acceptors (Lipinski definition) is 5. The topological polar surface area (TPSA) is 96.0 Å². The third kappa shape index (κ3) is 7.64. The lowest BCUT2D eigenvalue weighted by Gasteiger charge is -2.29. The molecule has 0 spiro atoms. The third-order valence-corrected chi connectivity index (χ3v) is 6.62. The minimum absolute atomic E-state index is 0.0743. The maximum Gasteiger partial charge on any atom is 0.242 e. The summed E-state index contributed by atoms with van der Waals surface area (Å²) >= 11 is 5.94. The number of nitrogens with zero attached hydrogens (tertiary/aromatic N) is 2. The summed E-state index contributed by atoms with van der Waals surface area (Å²) in [5.41, 5.74) is 1.29. The number of carbonyl (C=O) groups is 2. The molecule has 180 valence electrons. The average Bonchev–Trinajstić information content (AvgIpc) is 2.79. The van der Waals surface area contributed by atoms with E-state index in [0.29, 0.717) is 16.5 Å². The highest BCUT2D eigenvalue weighted by Crippen LogP contribution is 2.24. The van der Waals surface area contributed by atoms with Crippen LogP contribution in [0.25, 0.3) is 0 Å². The summed E-state index contributed by atoms with van der Waals surface area (Å²) in [6.45, 7) is 2.00. The van der Waals surface area contributed by atoms with Crippen LogP contribution in [0.5, 0.6) is 5.75 Å². The van der Waals surface area contributed by atoms with E-state index < -0.39 is 16.1 Å². The second kappa shape index (κ2) is 11.9. The van der Waals surface area contributed by atoms with Gasteiger partial charge in [0, 0.05) is 37.6 Å². The van der Waals surface area contributed by atoms with Crippen LogP contribution in [0.3, 0.4) is 0 Å². The van der Waals surface area contributed by atoms with Gasteiger partial charge in [-0.2, -0.15) is 0 Å². The molecule has 0 radical (unpaired) electrons. The number of benzene rings is 2. The number of methoxy groups -OCH3 is 1. The Morgan fingerprint density at radius 1 is 1.15 bits per heavy atom. The van der Waals surface area contributed by atoms with Crippen molar-refractivity contribution in [3.63, 3.8) is 0 Å². The number of ether oxygens (including phenoxy) is 1. The Morgan fingerprint density at radius 3 is 2.39 bits per heavy atom. The van der Waals surface area contributed by atoms with Crippen molar-refractivity contribution in [1.82, 2.24) is 10.2 Å². The Balaban J connectivity index is 2.14. The second-order valence-corrected chi connectivity index (χ2v) is 9.92. The highest BCUT2D eigenvalue weighted by molar-refractivity contribution is 7.92. The molecule has 8 nitrogen and oxygen atoms in total. The summed E-state index contributed by atoms with van der Waals surface area (Å²) in [7, 11) is -0.550. The maximum atomic E-state index is 13.1. The van der Waals surface area contributed by atoms with Crippen molar-refractivity contribution >= 4 is 39.1 Å². The van der Waals surface area contributed by atoms with Crippen LogP contribution in [-0.2, 0) is 26.2 Å². The zero-order valence-electron chi connectivity index (χ0n) is 19.2. The van der Waals surface area contributed by atoms with Gasteiger partial charge in [0.1, 0.15) is 11.8 Å². The summed E-state index contributed by atoms with van der Waals surface area (Å²) in [6, 6.07) is 13.1. The van der Waals surface area contributed by atoms with Crippen LogP contribution in [0.2, 0.25) is 5.02 Å². The molecule has 0 unspecified atom stereocenters. The van der Waals surface area contributed by atoms with E-state index in [-0.39, 0.29) is 37.7 Å². The number of anilines is 1. The van der Waals surface area contributed by atoms with Gasteiger partial charge >= 0.3 is 0 Å². The van der Waals surface area contributed by atoms with Crippen LogP contribution in [0.1, 0.15) is 25.3 Å². The van der Waals surface area contributed by atoms with E-state index in [1.165, 1.54) is 23.4 Å². The Kier molecular flexibility index (Phi) is 9.55. The standard InChI is InChI=1S/C23H30ClN3O5S/c1-17(23(29)25-2)26(16-18-10-12-19(24)13-11-18)22(28)9-6-14-27(33(4,30)31)20-7-5-8-21(15-20)32-3/h5,7-8,10-13,15,17H,6,9,14,16H2,1-4H3,(H,25,29)/t17-/m0/s1. The molecule has 2 aromatic carbocycles. The Labute approximate surface area is 200 Å². The molecule has 0 fully saturated rings. The summed E-state index contributed by atoms with van der Waals surface area (Å²) in [5, 5.41) is 3.15. The Bertz CT molecular complexity index is 1060. The minimum Gasteiger partial charge on any atom is -0.497 e. The first kappa shape index (κ1) is 26.5. The van der Waals surface area contributed by atoms with Gasteiger partial charge in [0.25, 0.3) is 0 Å². The van der Waals surface area contributed by atoms with Crippen LogP contribution in [0.4, 0.5) is 5.69 Å². The molecule has 0 saturated carbocycles. The van der Waals surface area contributed by atoms with Crippen LogP contribution >= 0.6 is 11.6 Å². The van der Waals surface area contributed by atoms with Gasteiger partial charge < -0.3 is 15.0 Å². The fourth-order valence-corrected chi connectivity index (χ4v) is 4.43. The normalized spacial score (nSPS) is 12.0. The SMILES string of the molecule is CNC(=O)[C@H](C)N(Cc1ccc(Cl)cc1)C(=O)CCCN(c1cccc(OC)c1)S(C)(=O)=O. The predicted octanol–water partition coefficient (Wildman–Crippen LogP) is 3.06. The lowest BCUT2D eigenvalue weighted by molar-refractivity contribution is -0.140. The van der Waals surface area contributed by atoms with Crippen LogP contribution < -0.4 is 14.4 Å². The smallest absolute Gasteiger partial charge is 0.242 e. The van der Waals surface area contributed by atoms with Crippen molar-refractivity contribution in [2.75, 3.05) is 31.3 Å². The first-order chi connectivity index (χ1) is 15.6. The van der Waals surface area contributed by atoms with E-state index in [4.69, 9.17) is 16.3 Å². The molecule has 0 heterocycles. The van der Waals surface area contributed by atoms with Gasteiger partial charge in [-0.15, -0.1) is 0 Å². The van der Waals surface area contributed by atoms with Crippen LogP contribution in [-0.4, -0.2) is 58.1 Å². The highest BCUT2D eigenvalue weighted by atomic mass is 35.5. The molecular formula is C23H30ClN3O5S. The monoisotopic (exact) mass is 495 g/mol. The number of rotatable bonds is 11. The van der Waals surface area contributed by atoms with E-state index in [0.717, 1.165) is 11.8 Å². The lowest BCUT2D eigenvalue weighted by Crippen LogP contribution is -2.46. The number of sulfonamides is 1. The van der Waals surface area contributed by atoms with Crippen molar-refractivity contribution in [3.05, 3.63) is 59.1 Å². The van der Waals surface area contributed by atoms with Crippen LogP contribution in [0, 0.1) is 0 Å². The predicted molar refractivity (Wildman–Crippen MR) is 130 cm³/mol. The molecule has 2 aromatic rings. The summed E-state index contributed by atoms with van der Waals surface area (Å²) < 4.78 is 31.2. The Hall–Kier alpha value is -2.78. The first-order valence-electron chi connectivity index (χ1n) is 10.4. The molecule has 1 N–H and O–H groups in total. The fraction of sp³-hybridized carbons (Fsp3) is 0.391. The minimum atomic E-state index is -3.57. The molecule has 0 aromatic heterocycles. The van der Waals surface area contributed by atoms with Crippen molar-refractivity contribution in [1.29, 1.82) is 0 Å². The van der Waals surface area contributed by atoms with Gasteiger partial charge in [0.05, 0.1) is 19.1 Å². The molecule has 0 saturated heterocycles. The molecule has 2 rings (SSSR count). The van der Waals surface area contributed by atoms with Crippen molar-refractivity contribution in [2.45, 2.75) is 32.4 Å². The zero-order valence-corrected chi connectivity index (χ0v) is 20.8. The molecule has 0 aliphatic heterocycles. The van der Waals surface area contributed by atoms with Gasteiger partial charge in [-0.25, -0.2) is 8.42 Å². The fourth-order valence-electron chi connectivity index (χ4n) is 3.35. The quantitative estimate of drug-likeness (QED) is 0.517. The molecule has 10 heteroatoms. The van der Waals surface area contributed by atoms with Crippen molar-refractivity contribution < 1.29 is 22.7 Å². The summed E-state index contributed by atoms with van der Waals surface area (Å²) in [5.74, 6) is -0.00244. The first-order valence-corrected chi connectivity index (χ1v) is 12.7. The van der Waals surface area contributed by atoms with Gasteiger partial charge in [0.15, 0.2) is 0 Å². The van der Waals surface area contributed by atoms with Gasteiger partial charge in [0.2, 0.25) is 21.8 Å². The van der Waals surface area contributed by atoms with E-state index in [9.17, 15) is 18.0 Å². The number of carbonyl (C=O) groups excluding carboxylic acids is 2. The maximum absolute atomic E-state index is 13.1. The Morgan fingerprint density at radius 2 is 1.82 bits per heavy atom.